The van der Waals surface area contributed by atoms with Crippen LogP contribution < -0.4 is 4.72 Å². The Bertz CT molecular complexity index is 679. The van der Waals surface area contributed by atoms with E-state index >= 15 is 0 Å². The monoisotopic (exact) mass is 379 g/mol. The second kappa shape index (κ2) is 5.85. The highest BCUT2D eigenvalue weighted by atomic mass is 79.9. The molecule has 0 saturated carbocycles. The lowest BCUT2D eigenvalue weighted by molar-refractivity contribution is 0.0696. The molecule has 0 bridgehead atoms. The molecule has 1 aromatic rings. The van der Waals surface area contributed by atoms with Gasteiger partial charge in [0.2, 0.25) is 10.0 Å². The molecule has 1 aromatic carbocycles. The Hall–Kier alpha value is -0.890. The number of carbonyl (C=O) groups is 1. The molecule has 1 aliphatic rings. The molecule has 0 amide bonds. The quantitative estimate of drug-likeness (QED) is 0.787. The molecule has 0 unspecified atom stereocenters. The molecule has 5 nitrogen and oxygen atoms in total. The number of aromatic carboxylic acids is 1. The Labute approximate surface area is 129 Å². The molecule has 1 aliphatic carbocycles. The second-order valence-corrected chi connectivity index (χ2v) is 7.28. The van der Waals surface area contributed by atoms with Gasteiger partial charge in [0.25, 0.3) is 0 Å². The van der Waals surface area contributed by atoms with Gasteiger partial charge >= 0.3 is 5.97 Å². The summed E-state index contributed by atoms with van der Waals surface area (Å²) in [5.74, 6) is -1.28. The number of hydrogen-bond acceptors (Lipinski definition) is 3. The highest BCUT2D eigenvalue weighted by Crippen LogP contribution is 2.30. The van der Waals surface area contributed by atoms with Gasteiger partial charge in [0.1, 0.15) is 0 Å². The number of benzene rings is 1. The highest BCUT2D eigenvalue weighted by Gasteiger charge is 2.24. The molecule has 2 N–H and O–H groups in total. The molecule has 0 spiro atoms. The Balaban J connectivity index is 2.38. The fraction of sp³-hybridized carbons (Fsp3) is 0.250. The minimum atomic E-state index is -3.78. The van der Waals surface area contributed by atoms with Crippen molar-refractivity contribution in [1.29, 1.82) is 0 Å². The predicted molar refractivity (Wildman–Crippen MR) is 78.6 cm³/mol. The number of carboxylic acids is 1. The van der Waals surface area contributed by atoms with E-state index in [1.165, 1.54) is 6.07 Å². The summed E-state index contributed by atoms with van der Waals surface area (Å²) in [5, 5.41) is 9.01. The van der Waals surface area contributed by atoms with Gasteiger partial charge in [-0.3, -0.25) is 0 Å². The lowest BCUT2D eigenvalue weighted by atomic mass is 10.2. The number of carboxylic acid groups (broad SMARTS) is 1. The second-order valence-electron chi connectivity index (χ2n) is 4.33. The van der Waals surface area contributed by atoms with Crippen molar-refractivity contribution in [2.75, 3.05) is 0 Å². The van der Waals surface area contributed by atoms with Crippen LogP contribution >= 0.6 is 27.5 Å². The molecular weight excluding hydrogens is 370 g/mol. The number of halogens is 2. The maximum absolute atomic E-state index is 12.2. The smallest absolute Gasteiger partial charge is 0.337 e. The van der Waals surface area contributed by atoms with E-state index in [1.807, 2.05) is 12.2 Å². The molecule has 0 atom stereocenters. The van der Waals surface area contributed by atoms with Crippen molar-refractivity contribution in [3.63, 3.8) is 0 Å². The lowest BCUT2D eigenvalue weighted by Gasteiger charge is -2.14. The first-order chi connectivity index (χ1) is 9.31. The molecular formula is C12H11BrClNO4S. The van der Waals surface area contributed by atoms with E-state index in [9.17, 15) is 13.2 Å². The average Bonchev–Trinajstić information content (AvgIpc) is 2.83. The standard InChI is InChI=1S/C12H11BrClNO4S/c13-10-6-8(5-9(11(10)14)12(16)17)20(18,19)15-7-3-1-2-4-7/h1-2,5-7,15H,3-4H2,(H,16,17). The van der Waals surface area contributed by atoms with Crippen LogP contribution in [0.4, 0.5) is 0 Å². The summed E-state index contributed by atoms with van der Waals surface area (Å²) < 4.78 is 27.2. The predicted octanol–water partition coefficient (Wildman–Crippen LogP) is 2.80. The zero-order valence-corrected chi connectivity index (χ0v) is 13.3. The van der Waals surface area contributed by atoms with E-state index in [0.717, 1.165) is 6.07 Å². The van der Waals surface area contributed by atoms with Crippen molar-refractivity contribution in [2.45, 2.75) is 23.8 Å². The topological polar surface area (TPSA) is 83.5 Å². The first-order valence-electron chi connectivity index (χ1n) is 5.71. The third-order valence-electron chi connectivity index (χ3n) is 2.87. The summed E-state index contributed by atoms with van der Waals surface area (Å²) in [5.41, 5.74) is -0.258. The fourth-order valence-electron chi connectivity index (χ4n) is 1.88. The van der Waals surface area contributed by atoms with Crippen LogP contribution in [0.5, 0.6) is 0 Å². The molecule has 108 valence electrons. The molecule has 20 heavy (non-hydrogen) atoms. The third-order valence-corrected chi connectivity index (χ3v) is 5.63. The number of rotatable bonds is 4. The van der Waals surface area contributed by atoms with E-state index < -0.39 is 16.0 Å². The van der Waals surface area contributed by atoms with Gasteiger partial charge in [0, 0.05) is 10.5 Å². The Kier molecular flexibility index (Phi) is 4.53. The summed E-state index contributed by atoms with van der Waals surface area (Å²) >= 11 is 8.90. The van der Waals surface area contributed by atoms with E-state index in [4.69, 9.17) is 16.7 Å². The molecule has 8 heteroatoms. The van der Waals surface area contributed by atoms with Crippen molar-refractivity contribution >= 4 is 43.5 Å². The third kappa shape index (κ3) is 3.22. The van der Waals surface area contributed by atoms with Gasteiger partial charge in [-0.05, 0) is 40.9 Å². The van der Waals surface area contributed by atoms with Gasteiger partial charge in [-0.1, -0.05) is 23.8 Å². The summed E-state index contributed by atoms with van der Waals surface area (Å²) in [6.07, 6.45) is 5.04. The van der Waals surface area contributed by atoms with Gasteiger partial charge in [-0.2, -0.15) is 0 Å². The normalized spacial score (nSPS) is 15.7. The van der Waals surface area contributed by atoms with Crippen LogP contribution in [0, 0.1) is 0 Å². The summed E-state index contributed by atoms with van der Waals surface area (Å²) in [6.45, 7) is 0. The molecule has 0 aliphatic heterocycles. The Morgan fingerprint density at radius 1 is 1.35 bits per heavy atom. The first kappa shape index (κ1) is 15.5. The van der Waals surface area contributed by atoms with Crippen LogP contribution in [0.25, 0.3) is 0 Å². The minimum absolute atomic E-state index is 0.0287. The number of sulfonamides is 1. The fourth-order valence-corrected chi connectivity index (χ4v) is 3.99. The van der Waals surface area contributed by atoms with Crippen LogP contribution in [0.3, 0.4) is 0 Å². The first-order valence-corrected chi connectivity index (χ1v) is 8.36. The summed E-state index contributed by atoms with van der Waals surface area (Å²) in [7, 11) is -3.78. The zero-order valence-electron chi connectivity index (χ0n) is 10.1. The summed E-state index contributed by atoms with van der Waals surface area (Å²) in [4.78, 5) is 10.9. The van der Waals surface area contributed by atoms with Crippen LogP contribution in [-0.4, -0.2) is 25.5 Å². The van der Waals surface area contributed by atoms with Crippen molar-refractivity contribution in [2.24, 2.45) is 0 Å². The van der Waals surface area contributed by atoms with Crippen LogP contribution in [0.1, 0.15) is 23.2 Å². The number of nitrogens with one attached hydrogen (secondary N) is 1. The Morgan fingerprint density at radius 3 is 2.50 bits per heavy atom. The molecule has 0 fully saturated rings. The molecule has 2 rings (SSSR count). The van der Waals surface area contributed by atoms with Crippen molar-refractivity contribution < 1.29 is 18.3 Å². The van der Waals surface area contributed by atoms with E-state index in [0.29, 0.717) is 12.8 Å². The highest BCUT2D eigenvalue weighted by molar-refractivity contribution is 9.10. The van der Waals surface area contributed by atoms with Crippen molar-refractivity contribution in [3.8, 4) is 0 Å². The van der Waals surface area contributed by atoms with Crippen LogP contribution in [0.15, 0.2) is 33.7 Å². The number of hydrogen-bond donors (Lipinski definition) is 2. The summed E-state index contributed by atoms with van der Waals surface area (Å²) in [6, 6.07) is 2.15. The van der Waals surface area contributed by atoms with Gasteiger partial charge < -0.3 is 5.11 Å². The van der Waals surface area contributed by atoms with Gasteiger partial charge in [-0.25, -0.2) is 17.9 Å². The maximum Gasteiger partial charge on any atom is 0.337 e. The molecule has 0 aromatic heterocycles. The maximum atomic E-state index is 12.2. The van der Waals surface area contributed by atoms with E-state index in [2.05, 4.69) is 20.7 Å². The zero-order chi connectivity index (χ0) is 14.9. The van der Waals surface area contributed by atoms with Gasteiger partial charge in [0.15, 0.2) is 0 Å². The van der Waals surface area contributed by atoms with Crippen LogP contribution in [-0.2, 0) is 10.0 Å². The van der Waals surface area contributed by atoms with E-state index in [-0.39, 0.29) is 26.0 Å². The lowest BCUT2D eigenvalue weighted by Crippen LogP contribution is -2.33. The van der Waals surface area contributed by atoms with Gasteiger partial charge in [0.05, 0.1) is 15.5 Å². The minimum Gasteiger partial charge on any atom is -0.478 e. The van der Waals surface area contributed by atoms with E-state index in [1.54, 1.807) is 0 Å². The van der Waals surface area contributed by atoms with Gasteiger partial charge in [-0.15, -0.1) is 0 Å². The molecule has 0 heterocycles. The van der Waals surface area contributed by atoms with Crippen molar-refractivity contribution in [3.05, 3.63) is 39.3 Å². The van der Waals surface area contributed by atoms with Crippen LogP contribution in [0.2, 0.25) is 5.02 Å². The molecule has 0 saturated heterocycles. The Morgan fingerprint density at radius 2 is 1.95 bits per heavy atom. The molecule has 0 radical (unpaired) electrons. The largest absolute Gasteiger partial charge is 0.478 e. The van der Waals surface area contributed by atoms with Crippen molar-refractivity contribution in [1.82, 2.24) is 4.72 Å². The SMILES string of the molecule is O=C(O)c1cc(S(=O)(=O)NC2CC=CC2)cc(Br)c1Cl. The average molecular weight is 381 g/mol.